The monoisotopic (exact) mass is 792 g/mol. The summed E-state index contributed by atoms with van der Waals surface area (Å²) in [5, 5.41) is 0. The summed E-state index contributed by atoms with van der Waals surface area (Å²) in [4.78, 5) is 50.9. The average molecular weight is 793 g/mol. The molecule has 0 bridgehead atoms. The van der Waals surface area contributed by atoms with E-state index in [1.165, 1.54) is 37.8 Å². The number of carbonyl (C=O) groups excluding carboxylic acids is 2. The van der Waals surface area contributed by atoms with Crippen molar-refractivity contribution in [3.05, 3.63) is 115 Å². The van der Waals surface area contributed by atoms with Gasteiger partial charge in [-0.25, -0.2) is 0 Å². The van der Waals surface area contributed by atoms with Gasteiger partial charge in [-0.2, -0.15) is 0 Å². The van der Waals surface area contributed by atoms with Gasteiger partial charge in [0.2, 0.25) is 0 Å². The number of rotatable bonds is 16. The lowest BCUT2D eigenvalue weighted by molar-refractivity contribution is -0.124. The molecule has 0 spiro atoms. The first kappa shape index (κ1) is 43.1. The Kier molecular flexibility index (Phi) is 14.4. The molecule has 308 valence electrons. The molecule has 0 atom stereocenters. The van der Waals surface area contributed by atoms with Crippen molar-refractivity contribution in [2.24, 2.45) is 17.6 Å². The van der Waals surface area contributed by atoms with E-state index < -0.39 is 5.91 Å². The molecule has 2 fully saturated rings. The van der Waals surface area contributed by atoms with Crippen molar-refractivity contribution in [2.45, 2.75) is 67.2 Å². The van der Waals surface area contributed by atoms with Gasteiger partial charge in [-0.3, -0.25) is 19.2 Å². The Bertz CT molecular complexity index is 2260. The molecule has 6 rings (SSSR count). The lowest BCUT2D eigenvalue weighted by Crippen LogP contribution is -2.31. The number of hydrogen-bond donors (Lipinski definition) is 1. The first-order valence-electron chi connectivity index (χ1n) is 19.8. The van der Waals surface area contributed by atoms with Crippen LogP contribution < -0.4 is 35.5 Å². The van der Waals surface area contributed by atoms with E-state index in [4.69, 9.17) is 24.7 Å². The number of hydrogen-bond acceptors (Lipinski definition) is 8. The van der Waals surface area contributed by atoms with Crippen molar-refractivity contribution in [3.8, 4) is 23.0 Å². The number of nitrogens with two attached hydrogens (primary N) is 1. The highest BCUT2D eigenvalue weighted by molar-refractivity contribution is 6.23. The third-order valence-electron chi connectivity index (χ3n) is 10.3. The molecule has 4 aromatic rings. The topological polar surface area (TPSA) is 144 Å². The Morgan fingerprint density at radius 2 is 1.02 bits per heavy atom. The fraction of sp³-hybridized carbons (Fsp3) is 0.391. The van der Waals surface area contributed by atoms with Crippen LogP contribution in [0.4, 0.5) is 0 Å². The zero-order valence-electron chi connectivity index (χ0n) is 34.9. The smallest absolute Gasteiger partial charge is 0.255 e. The molecule has 2 N–H and O–H groups in total. The number of aromatic nitrogens is 2. The van der Waals surface area contributed by atoms with E-state index in [0.717, 1.165) is 28.3 Å². The lowest BCUT2D eigenvalue weighted by atomic mass is 10.0. The molecule has 0 unspecified atom stereocenters. The van der Waals surface area contributed by atoms with Crippen LogP contribution in [0.2, 0.25) is 0 Å². The number of likely N-dealkylation sites (N-methyl/N-ethyl adjacent to an activating group) is 1. The standard InChI is InChI=1S/C25H32N2O4.C21H24N2O4/c1-6-26(7-2)25(29)22(15-27-17(3)12-21(28)13-18(27)4)20-10-11-23(30-5)24(14-20)31-16-19-8-9-19;1-13-8-17(24)9-14(2)23(13)11-18(21(22)25)16-6-7-19(26-3)20(10-16)27-12-15-4-5-15/h10-15,19H,6-9,16H2,1-5H3;6-11,15H,4-5,12H2,1-3H3,(H2,22,25)/b22-15-;18-11-. The van der Waals surface area contributed by atoms with Crippen LogP contribution in [0.15, 0.2) is 70.3 Å². The number of nitrogens with zero attached hydrogens (tertiary/aromatic N) is 3. The number of benzene rings is 2. The van der Waals surface area contributed by atoms with Crippen LogP contribution in [0.3, 0.4) is 0 Å². The summed E-state index contributed by atoms with van der Waals surface area (Å²) in [6, 6.07) is 17.1. The first-order valence-corrected chi connectivity index (χ1v) is 19.8. The maximum Gasteiger partial charge on any atom is 0.255 e. The highest BCUT2D eigenvalue weighted by Gasteiger charge is 2.25. The van der Waals surface area contributed by atoms with Crippen LogP contribution in [0, 0.1) is 39.5 Å². The molecular formula is C46H56N4O8. The maximum absolute atomic E-state index is 13.5. The predicted molar refractivity (Wildman–Crippen MR) is 228 cm³/mol. The minimum absolute atomic E-state index is 0.0449. The van der Waals surface area contributed by atoms with Gasteiger partial charge < -0.3 is 38.7 Å². The van der Waals surface area contributed by atoms with Gasteiger partial charge in [-0.05, 0) is 114 Å². The van der Waals surface area contributed by atoms with Gasteiger partial charge in [0.05, 0.1) is 38.6 Å². The molecule has 12 nitrogen and oxygen atoms in total. The zero-order chi connectivity index (χ0) is 42.1. The molecule has 2 saturated carbocycles. The molecule has 12 heteroatoms. The SMILES string of the molecule is CCN(CC)C(=O)/C(=C\n1c(C)cc(=O)cc1C)c1ccc(OC)c(OCC2CC2)c1.COc1ccc(/C(=C/n2c(C)cc(=O)cc2C)C(N)=O)cc1OCC1CC1. The molecular weight excluding hydrogens is 737 g/mol. The summed E-state index contributed by atoms with van der Waals surface area (Å²) in [5.41, 5.74) is 10.8. The van der Waals surface area contributed by atoms with Gasteiger partial charge >= 0.3 is 0 Å². The van der Waals surface area contributed by atoms with E-state index in [0.29, 0.717) is 77.8 Å². The second-order valence-electron chi connectivity index (χ2n) is 14.9. The Hall–Kier alpha value is -6.04. The van der Waals surface area contributed by atoms with Crippen LogP contribution in [0.1, 0.15) is 73.4 Å². The van der Waals surface area contributed by atoms with Crippen LogP contribution in [0.5, 0.6) is 23.0 Å². The lowest BCUT2D eigenvalue weighted by Gasteiger charge is -2.22. The van der Waals surface area contributed by atoms with Gasteiger partial charge in [0, 0.05) is 72.5 Å². The summed E-state index contributed by atoms with van der Waals surface area (Å²) in [6.07, 6.45) is 8.21. The van der Waals surface area contributed by atoms with Crippen molar-refractivity contribution in [2.75, 3.05) is 40.5 Å². The largest absolute Gasteiger partial charge is 0.493 e. The summed E-state index contributed by atoms with van der Waals surface area (Å²) in [5.74, 6) is 3.05. The second-order valence-corrected chi connectivity index (χ2v) is 14.9. The second kappa shape index (κ2) is 19.4. The van der Waals surface area contributed by atoms with Crippen LogP contribution in [-0.2, 0) is 9.59 Å². The Morgan fingerprint density at radius 1 is 0.638 bits per heavy atom. The molecule has 2 aromatic carbocycles. The Morgan fingerprint density at radius 3 is 1.36 bits per heavy atom. The molecule has 2 aliphatic carbocycles. The number of ether oxygens (including phenoxy) is 4. The van der Waals surface area contributed by atoms with Crippen LogP contribution >= 0.6 is 0 Å². The van der Waals surface area contributed by atoms with Gasteiger partial charge in [-0.15, -0.1) is 0 Å². The summed E-state index contributed by atoms with van der Waals surface area (Å²) >= 11 is 0. The quantitative estimate of drug-likeness (QED) is 0.121. The number of primary amides is 1. The van der Waals surface area contributed by atoms with Gasteiger partial charge in [-0.1, -0.05) is 12.1 Å². The van der Waals surface area contributed by atoms with E-state index in [2.05, 4.69) is 0 Å². The number of amides is 2. The molecule has 2 aromatic heterocycles. The maximum atomic E-state index is 13.5. The minimum atomic E-state index is -0.564. The van der Waals surface area contributed by atoms with Gasteiger partial charge in [0.15, 0.2) is 33.9 Å². The highest BCUT2D eigenvalue weighted by atomic mass is 16.5. The van der Waals surface area contributed by atoms with Crippen molar-refractivity contribution < 1.29 is 28.5 Å². The van der Waals surface area contributed by atoms with Gasteiger partial charge in [0.1, 0.15) is 0 Å². The Balaban J connectivity index is 0.000000223. The highest BCUT2D eigenvalue weighted by Crippen LogP contribution is 2.36. The molecule has 2 heterocycles. The van der Waals surface area contributed by atoms with E-state index in [1.807, 2.05) is 70.5 Å². The molecule has 0 radical (unpaired) electrons. The van der Waals surface area contributed by atoms with Crippen molar-refractivity contribution >= 4 is 35.4 Å². The first-order chi connectivity index (χ1) is 27.8. The Labute approximate surface area is 340 Å². The molecule has 2 aliphatic rings. The van der Waals surface area contributed by atoms with Crippen molar-refractivity contribution in [1.29, 1.82) is 0 Å². The predicted octanol–water partition coefficient (Wildman–Crippen LogP) is 6.87. The summed E-state index contributed by atoms with van der Waals surface area (Å²) < 4.78 is 26.4. The van der Waals surface area contributed by atoms with Crippen molar-refractivity contribution in [3.63, 3.8) is 0 Å². The molecule has 0 aliphatic heterocycles. The number of carbonyl (C=O) groups is 2. The molecule has 2 amide bonds. The molecule has 58 heavy (non-hydrogen) atoms. The van der Waals surface area contributed by atoms with Gasteiger partial charge in [0.25, 0.3) is 11.8 Å². The summed E-state index contributed by atoms with van der Waals surface area (Å²) in [6.45, 7) is 13.8. The zero-order valence-corrected chi connectivity index (χ0v) is 34.9. The van der Waals surface area contributed by atoms with Crippen LogP contribution in [0.25, 0.3) is 23.5 Å². The minimum Gasteiger partial charge on any atom is -0.493 e. The average Bonchev–Trinajstić information content (AvgIpc) is 4.13. The van der Waals surface area contributed by atoms with Crippen molar-refractivity contribution in [1.82, 2.24) is 14.0 Å². The summed E-state index contributed by atoms with van der Waals surface area (Å²) in [7, 11) is 3.20. The fourth-order valence-electron chi connectivity index (χ4n) is 6.52. The number of pyridine rings is 2. The third kappa shape index (κ3) is 11.1. The van der Waals surface area contributed by atoms with E-state index in [-0.39, 0.29) is 16.8 Å². The number of aryl methyl sites for hydroxylation is 4. The third-order valence-corrected chi connectivity index (χ3v) is 10.3. The van der Waals surface area contributed by atoms with E-state index in [1.54, 1.807) is 60.2 Å². The van der Waals surface area contributed by atoms with E-state index >= 15 is 0 Å². The fourth-order valence-corrected chi connectivity index (χ4v) is 6.52. The number of methoxy groups -OCH3 is 2. The molecule has 0 saturated heterocycles. The van der Waals surface area contributed by atoms with E-state index in [9.17, 15) is 19.2 Å². The normalized spacial score (nSPS) is 13.9. The van der Waals surface area contributed by atoms with Crippen LogP contribution in [-0.4, -0.2) is 66.4 Å².